The molecule has 80 valence electrons. The Morgan fingerprint density at radius 3 is 2.46 bits per heavy atom. The van der Waals surface area contributed by atoms with Crippen molar-refractivity contribution in [2.75, 3.05) is 19.4 Å². The van der Waals surface area contributed by atoms with Gasteiger partial charge in [0.25, 0.3) is 0 Å². The van der Waals surface area contributed by atoms with Gasteiger partial charge in [-0.1, -0.05) is 19.8 Å². The van der Waals surface area contributed by atoms with Crippen LogP contribution >= 0.6 is 7.60 Å². The van der Waals surface area contributed by atoms with Crippen molar-refractivity contribution in [1.29, 1.82) is 0 Å². The van der Waals surface area contributed by atoms with Crippen LogP contribution in [0.3, 0.4) is 0 Å². The maximum atomic E-state index is 11.6. The van der Waals surface area contributed by atoms with Crippen LogP contribution in [0.15, 0.2) is 0 Å². The van der Waals surface area contributed by atoms with E-state index >= 15 is 0 Å². The molecule has 0 amide bonds. The number of hydrogen-bond acceptors (Lipinski definition) is 2. The Hall–Kier alpha value is 0.0800. The van der Waals surface area contributed by atoms with Crippen molar-refractivity contribution in [1.82, 2.24) is 0 Å². The maximum absolute atomic E-state index is 11.6. The summed E-state index contributed by atoms with van der Waals surface area (Å²) in [7, 11) is -3.30. The van der Waals surface area contributed by atoms with E-state index in [-0.39, 0.29) is 12.8 Å². The summed E-state index contributed by atoms with van der Waals surface area (Å²) in [6, 6.07) is 0. The van der Waals surface area contributed by atoms with Crippen molar-refractivity contribution in [2.24, 2.45) is 0 Å². The molecule has 0 aliphatic rings. The van der Waals surface area contributed by atoms with Gasteiger partial charge in [0.05, 0.1) is 13.3 Å². The minimum absolute atomic E-state index is 0.150. The van der Waals surface area contributed by atoms with Gasteiger partial charge in [-0.15, -0.1) is 0 Å². The number of rotatable bonds is 8. The molecule has 0 aromatic rings. The molecule has 0 spiro atoms. The Morgan fingerprint density at radius 1 is 1.31 bits per heavy atom. The highest BCUT2D eigenvalue weighted by Crippen LogP contribution is 2.40. The summed E-state index contributed by atoms with van der Waals surface area (Å²) in [5.41, 5.74) is 0. The molecule has 0 heterocycles. The van der Waals surface area contributed by atoms with Crippen LogP contribution in [0, 0.1) is 0 Å². The molecule has 0 saturated carbocycles. The van der Waals surface area contributed by atoms with E-state index in [4.69, 9.17) is 9.42 Å². The van der Waals surface area contributed by atoms with E-state index in [1.807, 2.05) is 0 Å². The third kappa shape index (κ3) is 8.41. The zero-order valence-corrected chi connectivity index (χ0v) is 8.93. The molecule has 0 rings (SSSR count). The molecule has 1 N–H and O–H groups in total. The molecule has 0 saturated heterocycles. The van der Waals surface area contributed by atoms with Crippen LogP contribution in [0.4, 0.5) is 4.39 Å². The van der Waals surface area contributed by atoms with Gasteiger partial charge in [0.1, 0.15) is 0 Å². The van der Waals surface area contributed by atoms with Crippen molar-refractivity contribution in [3.8, 4) is 0 Å². The summed E-state index contributed by atoms with van der Waals surface area (Å²) in [5.74, 6) is 0. The largest absolute Gasteiger partial charge is 0.327 e. The Morgan fingerprint density at radius 2 is 1.92 bits per heavy atom. The van der Waals surface area contributed by atoms with Crippen LogP contribution in [0.2, 0.25) is 0 Å². The van der Waals surface area contributed by atoms with Crippen molar-refractivity contribution in [3.63, 3.8) is 0 Å². The van der Waals surface area contributed by atoms with E-state index < -0.39 is 7.60 Å². The second-order valence-electron chi connectivity index (χ2n) is 2.89. The first-order chi connectivity index (χ1) is 6.12. The molecule has 13 heavy (non-hydrogen) atoms. The fourth-order valence-electron chi connectivity index (χ4n) is 0.849. The van der Waals surface area contributed by atoms with Crippen LogP contribution in [0.25, 0.3) is 0 Å². The third-order valence-corrected chi connectivity index (χ3v) is 3.11. The van der Waals surface area contributed by atoms with E-state index in [0.717, 1.165) is 19.3 Å². The molecule has 1 unspecified atom stereocenters. The van der Waals surface area contributed by atoms with Crippen LogP contribution < -0.4 is 0 Å². The summed E-state index contributed by atoms with van der Waals surface area (Å²) >= 11 is 0. The summed E-state index contributed by atoms with van der Waals surface area (Å²) in [4.78, 5) is 9.00. The molecule has 0 aromatic heterocycles. The highest BCUT2D eigenvalue weighted by Gasteiger charge is 2.14. The summed E-state index contributed by atoms with van der Waals surface area (Å²) in [6.45, 7) is 1.63. The second-order valence-corrected chi connectivity index (χ2v) is 5.06. The lowest BCUT2D eigenvalue weighted by Crippen LogP contribution is -1.95. The van der Waals surface area contributed by atoms with Gasteiger partial charge in [-0.05, 0) is 12.8 Å². The van der Waals surface area contributed by atoms with E-state index in [2.05, 4.69) is 0 Å². The molecule has 1 atom stereocenters. The first-order valence-corrected chi connectivity index (χ1v) is 6.41. The first kappa shape index (κ1) is 13.1. The van der Waals surface area contributed by atoms with Crippen LogP contribution in [0.5, 0.6) is 0 Å². The fourth-order valence-corrected chi connectivity index (χ4v) is 1.45. The Kier molecular flexibility index (Phi) is 7.53. The summed E-state index contributed by atoms with van der Waals surface area (Å²) in [5, 5.41) is 0. The Bertz CT molecular complexity index is 163. The Labute approximate surface area is 78.8 Å². The molecule has 0 fully saturated rings. The van der Waals surface area contributed by atoms with Crippen molar-refractivity contribution in [2.45, 2.75) is 32.6 Å². The fraction of sp³-hybridized carbons (Fsp3) is 1.00. The van der Waals surface area contributed by atoms with Crippen LogP contribution in [-0.4, -0.2) is 24.3 Å². The van der Waals surface area contributed by atoms with Gasteiger partial charge in [0, 0.05) is 6.16 Å². The molecule has 0 aliphatic carbocycles. The quantitative estimate of drug-likeness (QED) is 0.497. The zero-order valence-electron chi connectivity index (χ0n) is 8.04. The lowest BCUT2D eigenvalue weighted by Gasteiger charge is -2.08. The lowest BCUT2D eigenvalue weighted by molar-refractivity contribution is 0.253. The highest BCUT2D eigenvalue weighted by atomic mass is 31.2. The molecular weight excluding hydrogens is 194 g/mol. The monoisotopic (exact) mass is 212 g/mol. The number of alkyl halides is 1. The van der Waals surface area contributed by atoms with Gasteiger partial charge in [-0.25, -0.2) is 0 Å². The Balaban J connectivity index is 3.21. The smallest absolute Gasteiger partial charge is 0.324 e. The predicted molar refractivity (Wildman–Crippen MR) is 50.8 cm³/mol. The molecule has 0 aromatic carbocycles. The van der Waals surface area contributed by atoms with Gasteiger partial charge in [0.2, 0.25) is 0 Å². The average Bonchev–Trinajstić information content (AvgIpc) is 2.11. The minimum Gasteiger partial charge on any atom is -0.324 e. The molecule has 5 heteroatoms. The zero-order chi connectivity index (χ0) is 10.2. The standard InChI is InChI=1S/C8H18FO3P/c1-2-13(10,11)12-8-6-4-3-5-7-9/h2-8H2,1H3,(H,10,11). The van der Waals surface area contributed by atoms with Crippen molar-refractivity contribution in [3.05, 3.63) is 0 Å². The lowest BCUT2D eigenvalue weighted by atomic mass is 10.2. The summed E-state index contributed by atoms with van der Waals surface area (Å²) < 4.78 is 27.4. The van der Waals surface area contributed by atoms with Crippen molar-refractivity contribution < 1.29 is 18.4 Å². The number of hydrogen-bond donors (Lipinski definition) is 1. The van der Waals surface area contributed by atoms with Gasteiger partial charge < -0.3 is 9.42 Å². The molecule has 3 nitrogen and oxygen atoms in total. The maximum Gasteiger partial charge on any atom is 0.327 e. The molecule has 0 bridgehead atoms. The number of unbranched alkanes of at least 4 members (excludes halogenated alkanes) is 3. The van der Waals surface area contributed by atoms with E-state index in [1.54, 1.807) is 6.92 Å². The SMILES string of the molecule is CCP(=O)(O)OCCCCCCF. The average molecular weight is 212 g/mol. The second kappa shape index (κ2) is 7.48. The van der Waals surface area contributed by atoms with E-state index in [1.165, 1.54) is 0 Å². The van der Waals surface area contributed by atoms with Gasteiger partial charge in [-0.3, -0.25) is 8.96 Å². The molecule has 0 radical (unpaired) electrons. The first-order valence-electron chi connectivity index (χ1n) is 4.64. The highest BCUT2D eigenvalue weighted by molar-refractivity contribution is 7.52. The minimum atomic E-state index is -3.30. The van der Waals surface area contributed by atoms with Gasteiger partial charge in [0.15, 0.2) is 0 Å². The van der Waals surface area contributed by atoms with Gasteiger partial charge >= 0.3 is 7.60 Å². The topological polar surface area (TPSA) is 46.5 Å². The predicted octanol–water partition coefficient (Wildman–Crippen LogP) is 2.74. The normalized spacial score (nSPS) is 15.6. The van der Waals surface area contributed by atoms with Gasteiger partial charge in [-0.2, -0.15) is 0 Å². The van der Waals surface area contributed by atoms with Crippen LogP contribution in [0.1, 0.15) is 32.6 Å². The molecular formula is C8H18FO3P. The van der Waals surface area contributed by atoms with Crippen molar-refractivity contribution >= 4 is 7.60 Å². The van der Waals surface area contributed by atoms with E-state index in [0.29, 0.717) is 13.0 Å². The van der Waals surface area contributed by atoms with Crippen LogP contribution in [-0.2, 0) is 9.09 Å². The third-order valence-electron chi connectivity index (χ3n) is 1.72. The number of halogens is 1. The van der Waals surface area contributed by atoms with E-state index in [9.17, 15) is 8.96 Å². The summed E-state index contributed by atoms with van der Waals surface area (Å²) in [6.07, 6.45) is 3.13. The molecule has 0 aliphatic heterocycles.